The van der Waals surface area contributed by atoms with E-state index in [1.807, 2.05) is 0 Å². The van der Waals surface area contributed by atoms with Crippen molar-refractivity contribution in [3.05, 3.63) is 23.5 Å². The van der Waals surface area contributed by atoms with E-state index < -0.39 is 20.0 Å². The lowest BCUT2D eigenvalue weighted by Gasteiger charge is -2.16. The number of amides is 1. The zero-order chi connectivity index (χ0) is 14.6. The normalized spacial score (nSPS) is 11.2. The van der Waals surface area contributed by atoms with Crippen molar-refractivity contribution in [3.63, 3.8) is 0 Å². The third kappa shape index (κ3) is 5.29. The molecule has 0 heterocycles. The fourth-order valence-electron chi connectivity index (χ4n) is 1.42. The summed E-state index contributed by atoms with van der Waals surface area (Å²) < 4.78 is 18.3. The van der Waals surface area contributed by atoms with Crippen LogP contribution in [0.2, 0.25) is 25.7 Å². The highest BCUT2D eigenvalue weighted by atomic mass is 28.3. The topological polar surface area (TPSA) is 64.3 Å². The lowest BCUT2D eigenvalue weighted by Crippen LogP contribution is -2.24. The van der Waals surface area contributed by atoms with Crippen molar-refractivity contribution in [2.45, 2.75) is 32.6 Å². The summed E-state index contributed by atoms with van der Waals surface area (Å²) in [5, 5.41) is 2.57. The molecule has 1 rings (SSSR count). The van der Waals surface area contributed by atoms with E-state index in [0.29, 0.717) is 17.9 Å². The van der Waals surface area contributed by atoms with Gasteiger partial charge in [-0.3, -0.25) is 5.32 Å². The molecular weight excluding hydrogens is 263 g/mol. The summed E-state index contributed by atoms with van der Waals surface area (Å²) in [7, 11) is -1.22. The van der Waals surface area contributed by atoms with Gasteiger partial charge in [0.1, 0.15) is 5.82 Å². The average molecular weight is 284 g/mol. The minimum Gasteiger partial charge on any atom is -0.450 e. The summed E-state index contributed by atoms with van der Waals surface area (Å²) in [4.78, 5) is 11.6. The molecule has 3 N–H and O–H groups in total. The Morgan fingerprint density at radius 3 is 2.63 bits per heavy atom. The molecule has 0 saturated carbocycles. The zero-order valence-corrected chi connectivity index (χ0v) is 12.8. The van der Waals surface area contributed by atoms with Crippen LogP contribution in [0.3, 0.4) is 0 Å². The van der Waals surface area contributed by atoms with E-state index in [1.165, 1.54) is 12.1 Å². The number of carbonyl (C=O) groups excluding carboxylic acids is 1. The molecule has 0 fully saturated rings. The van der Waals surface area contributed by atoms with E-state index in [9.17, 15) is 9.18 Å². The predicted molar refractivity (Wildman–Crippen MR) is 78.7 cm³/mol. The molecule has 0 bridgehead atoms. The van der Waals surface area contributed by atoms with Gasteiger partial charge in [-0.05, 0) is 30.7 Å². The van der Waals surface area contributed by atoms with Crippen molar-refractivity contribution >= 4 is 25.5 Å². The van der Waals surface area contributed by atoms with Crippen molar-refractivity contribution in [3.8, 4) is 0 Å². The molecule has 0 spiro atoms. The second-order valence-corrected chi connectivity index (χ2v) is 11.4. The van der Waals surface area contributed by atoms with Gasteiger partial charge >= 0.3 is 6.09 Å². The first-order valence-electron chi connectivity index (χ1n) is 6.18. The number of hydrogen-bond donors (Lipinski definition) is 2. The van der Waals surface area contributed by atoms with E-state index >= 15 is 0 Å². The summed E-state index contributed by atoms with van der Waals surface area (Å²) in [5.41, 5.74) is 6.54. The van der Waals surface area contributed by atoms with Crippen molar-refractivity contribution < 1.29 is 13.9 Å². The Labute approximate surface area is 114 Å². The van der Waals surface area contributed by atoms with Gasteiger partial charge in [0.2, 0.25) is 0 Å². The number of carbonyl (C=O) groups is 1. The quantitative estimate of drug-likeness (QED) is 0.656. The van der Waals surface area contributed by atoms with Crippen molar-refractivity contribution in [2.75, 3.05) is 17.7 Å². The number of hydrogen-bond acceptors (Lipinski definition) is 3. The fraction of sp³-hybridized carbons (Fsp3) is 0.462. The van der Waals surface area contributed by atoms with Crippen LogP contribution in [0.25, 0.3) is 0 Å². The lowest BCUT2D eigenvalue weighted by atomic mass is 10.2. The van der Waals surface area contributed by atoms with E-state index in [0.717, 1.165) is 6.04 Å². The highest BCUT2D eigenvalue weighted by Gasteiger charge is 2.14. The first kappa shape index (κ1) is 15.5. The zero-order valence-electron chi connectivity index (χ0n) is 11.8. The smallest absolute Gasteiger partial charge is 0.411 e. The number of rotatable bonds is 4. The summed E-state index contributed by atoms with van der Waals surface area (Å²) in [6.07, 6.45) is -0.535. The molecule has 1 aromatic carbocycles. The molecule has 0 aromatic heterocycles. The van der Waals surface area contributed by atoms with Gasteiger partial charge in [-0.1, -0.05) is 19.6 Å². The number of ether oxygens (including phenoxy) is 1. The van der Waals surface area contributed by atoms with Gasteiger partial charge in [0, 0.05) is 13.8 Å². The summed E-state index contributed by atoms with van der Waals surface area (Å²) in [6.45, 7) is 8.72. The Bertz CT molecular complexity index is 472. The van der Waals surface area contributed by atoms with Crippen LogP contribution in [0.15, 0.2) is 12.1 Å². The molecule has 0 aliphatic heterocycles. The molecule has 0 aliphatic rings. The predicted octanol–water partition coefficient (Wildman–Crippen LogP) is 3.60. The standard InChI is InChI=1S/C13H21FN2O2Si/c1-9-7-10(14)11(15)8-12(9)16-13(17)18-5-6-19(2,3)4/h7-8H,5-6,15H2,1-4H3,(H,16,17). The van der Waals surface area contributed by atoms with Gasteiger partial charge in [0.15, 0.2) is 0 Å². The Morgan fingerprint density at radius 1 is 1.42 bits per heavy atom. The Hall–Kier alpha value is -1.56. The highest BCUT2D eigenvalue weighted by molar-refractivity contribution is 6.76. The van der Waals surface area contributed by atoms with Crippen LogP contribution in [-0.4, -0.2) is 20.8 Å². The van der Waals surface area contributed by atoms with Gasteiger partial charge in [-0.15, -0.1) is 0 Å². The molecule has 1 aromatic rings. The SMILES string of the molecule is Cc1cc(F)c(N)cc1NC(=O)OCC[Si](C)(C)C. The van der Waals surface area contributed by atoms with Crippen LogP contribution in [0.5, 0.6) is 0 Å². The third-order valence-corrected chi connectivity index (χ3v) is 4.37. The van der Waals surface area contributed by atoms with Crippen LogP contribution < -0.4 is 11.1 Å². The third-order valence-electron chi connectivity index (χ3n) is 2.67. The van der Waals surface area contributed by atoms with Crippen LogP contribution >= 0.6 is 0 Å². The van der Waals surface area contributed by atoms with Crippen LogP contribution in [-0.2, 0) is 4.74 Å². The summed E-state index contributed by atoms with van der Waals surface area (Å²) in [5.74, 6) is -0.491. The number of nitrogens with one attached hydrogen (secondary N) is 1. The van der Waals surface area contributed by atoms with Crippen LogP contribution in [0, 0.1) is 12.7 Å². The first-order valence-corrected chi connectivity index (χ1v) is 9.89. The maximum Gasteiger partial charge on any atom is 0.411 e. The van der Waals surface area contributed by atoms with Gasteiger partial charge < -0.3 is 10.5 Å². The molecule has 1 amide bonds. The molecule has 0 radical (unpaired) electrons. The van der Waals surface area contributed by atoms with E-state index in [1.54, 1.807) is 6.92 Å². The van der Waals surface area contributed by atoms with Crippen molar-refractivity contribution in [1.29, 1.82) is 0 Å². The van der Waals surface area contributed by atoms with Gasteiger partial charge in [0.05, 0.1) is 12.3 Å². The van der Waals surface area contributed by atoms with E-state index in [-0.39, 0.29) is 5.69 Å². The number of nitrogens with two attached hydrogens (primary N) is 1. The highest BCUT2D eigenvalue weighted by Crippen LogP contribution is 2.21. The molecular formula is C13H21FN2O2Si. The Morgan fingerprint density at radius 2 is 2.05 bits per heavy atom. The monoisotopic (exact) mass is 284 g/mol. The maximum atomic E-state index is 13.2. The molecule has 0 saturated heterocycles. The molecule has 0 atom stereocenters. The second kappa shape index (κ2) is 6.05. The molecule has 19 heavy (non-hydrogen) atoms. The summed E-state index contributed by atoms with van der Waals surface area (Å²) >= 11 is 0. The largest absolute Gasteiger partial charge is 0.450 e. The number of nitrogen functional groups attached to an aromatic ring is 1. The Kier molecular flexibility index (Phi) is 4.94. The van der Waals surface area contributed by atoms with Crippen molar-refractivity contribution in [2.24, 2.45) is 0 Å². The minimum atomic E-state index is -1.22. The maximum absolute atomic E-state index is 13.2. The number of benzene rings is 1. The van der Waals surface area contributed by atoms with Crippen LogP contribution in [0.1, 0.15) is 5.56 Å². The lowest BCUT2D eigenvalue weighted by molar-refractivity contribution is 0.167. The summed E-state index contributed by atoms with van der Waals surface area (Å²) in [6, 6.07) is 3.59. The molecule has 4 nitrogen and oxygen atoms in total. The minimum absolute atomic E-state index is 0.00278. The van der Waals surface area contributed by atoms with Crippen molar-refractivity contribution in [1.82, 2.24) is 0 Å². The average Bonchev–Trinajstić information content (AvgIpc) is 2.24. The van der Waals surface area contributed by atoms with Gasteiger partial charge in [-0.25, -0.2) is 9.18 Å². The molecule has 6 heteroatoms. The Balaban J connectivity index is 2.56. The number of anilines is 2. The molecule has 0 aliphatic carbocycles. The fourth-order valence-corrected chi connectivity index (χ4v) is 2.13. The van der Waals surface area contributed by atoms with Gasteiger partial charge in [0.25, 0.3) is 0 Å². The van der Waals surface area contributed by atoms with Crippen LogP contribution in [0.4, 0.5) is 20.6 Å². The first-order chi connectivity index (χ1) is 8.69. The molecule has 0 unspecified atom stereocenters. The second-order valence-electron chi connectivity index (χ2n) is 5.76. The molecule has 106 valence electrons. The number of aryl methyl sites for hydroxylation is 1. The number of halogens is 1. The van der Waals surface area contributed by atoms with Gasteiger partial charge in [-0.2, -0.15) is 0 Å². The van der Waals surface area contributed by atoms with E-state index in [4.69, 9.17) is 10.5 Å². The van der Waals surface area contributed by atoms with E-state index in [2.05, 4.69) is 25.0 Å².